The zero-order chi connectivity index (χ0) is 13.0. The van der Waals surface area contributed by atoms with E-state index in [2.05, 4.69) is 49.3 Å². The number of halogens is 3. The van der Waals surface area contributed by atoms with Crippen molar-refractivity contribution in [1.82, 2.24) is 5.32 Å². The van der Waals surface area contributed by atoms with Crippen molar-refractivity contribution < 1.29 is 4.74 Å². The second kappa shape index (κ2) is 6.94. The molecule has 1 aromatic rings. The molecule has 0 radical (unpaired) electrons. The second-order valence-corrected chi connectivity index (χ2v) is 6.18. The number of hydrogen-bond acceptors (Lipinski definition) is 2. The molecule has 98 valence electrons. The molecule has 1 aromatic carbocycles. The Hall–Kier alpha value is -0.0300. The Labute approximate surface area is 129 Å². The van der Waals surface area contributed by atoms with Gasteiger partial charge < -0.3 is 10.1 Å². The lowest BCUT2D eigenvalue weighted by molar-refractivity contribution is 0.358. The van der Waals surface area contributed by atoms with Crippen molar-refractivity contribution in [3.8, 4) is 5.75 Å². The van der Waals surface area contributed by atoms with E-state index < -0.39 is 0 Å². The van der Waals surface area contributed by atoms with E-state index in [-0.39, 0.29) is 0 Å². The number of nitrogens with one attached hydrogen (secondary N) is 1. The van der Waals surface area contributed by atoms with Crippen molar-refractivity contribution in [2.75, 3.05) is 6.61 Å². The monoisotopic (exact) mass is 393 g/mol. The van der Waals surface area contributed by atoms with Crippen LogP contribution in [-0.4, -0.2) is 12.6 Å². The van der Waals surface area contributed by atoms with Gasteiger partial charge in [-0.1, -0.05) is 11.6 Å². The van der Waals surface area contributed by atoms with Crippen molar-refractivity contribution in [3.63, 3.8) is 0 Å². The van der Waals surface area contributed by atoms with E-state index in [9.17, 15) is 0 Å². The van der Waals surface area contributed by atoms with Crippen LogP contribution in [0.5, 0.6) is 5.75 Å². The quantitative estimate of drug-likeness (QED) is 0.760. The SMILES string of the molecule is Cl/C=C/COc1c(Br)cc(CNC2CC2)cc1Br. The van der Waals surface area contributed by atoms with E-state index in [4.69, 9.17) is 16.3 Å². The first kappa shape index (κ1) is 14.4. The van der Waals surface area contributed by atoms with Crippen molar-refractivity contribution in [2.24, 2.45) is 0 Å². The van der Waals surface area contributed by atoms with Gasteiger partial charge in [-0.2, -0.15) is 0 Å². The summed E-state index contributed by atoms with van der Waals surface area (Å²) in [5, 5.41) is 3.49. The molecule has 0 aromatic heterocycles. The Morgan fingerprint density at radius 2 is 2.00 bits per heavy atom. The summed E-state index contributed by atoms with van der Waals surface area (Å²) in [6.07, 6.45) is 4.35. The van der Waals surface area contributed by atoms with Gasteiger partial charge in [0, 0.05) is 18.1 Å². The summed E-state index contributed by atoms with van der Waals surface area (Å²) in [6, 6.07) is 4.88. The molecule has 0 bridgehead atoms. The first-order chi connectivity index (χ1) is 8.70. The molecule has 0 atom stereocenters. The molecule has 0 aliphatic heterocycles. The lowest BCUT2D eigenvalue weighted by atomic mass is 10.2. The summed E-state index contributed by atoms with van der Waals surface area (Å²) in [5.41, 5.74) is 2.69. The van der Waals surface area contributed by atoms with E-state index >= 15 is 0 Å². The molecule has 2 nitrogen and oxygen atoms in total. The zero-order valence-electron chi connectivity index (χ0n) is 9.76. The van der Waals surface area contributed by atoms with E-state index in [1.165, 1.54) is 23.9 Å². The number of benzene rings is 1. The largest absolute Gasteiger partial charge is 0.487 e. The Morgan fingerprint density at radius 3 is 2.56 bits per heavy atom. The molecule has 18 heavy (non-hydrogen) atoms. The fraction of sp³-hybridized carbons (Fsp3) is 0.385. The maximum absolute atomic E-state index is 5.62. The third kappa shape index (κ3) is 4.26. The van der Waals surface area contributed by atoms with Crippen molar-refractivity contribution in [1.29, 1.82) is 0 Å². The van der Waals surface area contributed by atoms with Gasteiger partial charge in [-0.3, -0.25) is 0 Å². The predicted molar refractivity (Wildman–Crippen MR) is 82.2 cm³/mol. The third-order valence-electron chi connectivity index (χ3n) is 2.64. The van der Waals surface area contributed by atoms with E-state index in [1.54, 1.807) is 6.08 Å². The summed E-state index contributed by atoms with van der Waals surface area (Å²) >= 11 is 12.5. The fourth-order valence-electron chi connectivity index (χ4n) is 1.57. The molecule has 0 unspecified atom stereocenters. The minimum absolute atomic E-state index is 0.459. The molecule has 5 heteroatoms. The minimum Gasteiger partial charge on any atom is -0.487 e. The van der Waals surface area contributed by atoms with Crippen molar-refractivity contribution >= 4 is 43.5 Å². The lowest BCUT2D eigenvalue weighted by Crippen LogP contribution is -2.15. The third-order valence-corrected chi connectivity index (χ3v) is 4.00. The Kier molecular flexibility index (Phi) is 5.55. The van der Waals surface area contributed by atoms with Crippen LogP contribution < -0.4 is 10.1 Å². The van der Waals surface area contributed by atoms with Gasteiger partial charge in [0.25, 0.3) is 0 Å². The fourth-order valence-corrected chi connectivity index (χ4v) is 3.15. The molecular weight excluding hydrogens is 381 g/mol. The highest BCUT2D eigenvalue weighted by Crippen LogP contribution is 2.35. The molecule has 0 spiro atoms. The highest BCUT2D eigenvalue weighted by atomic mass is 79.9. The van der Waals surface area contributed by atoms with Gasteiger partial charge in [0.1, 0.15) is 12.4 Å². The molecule has 2 rings (SSSR count). The van der Waals surface area contributed by atoms with Crippen LogP contribution in [0.15, 0.2) is 32.7 Å². The minimum atomic E-state index is 0.459. The van der Waals surface area contributed by atoms with Crippen LogP contribution in [0.2, 0.25) is 0 Å². The first-order valence-electron chi connectivity index (χ1n) is 5.80. The van der Waals surface area contributed by atoms with Crippen LogP contribution >= 0.6 is 43.5 Å². The van der Waals surface area contributed by atoms with Gasteiger partial charge in [-0.15, -0.1) is 0 Å². The van der Waals surface area contributed by atoms with Gasteiger partial charge in [-0.05, 0) is 68.5 Å². The molecule has 0 heterocycles. The maximum atomic E-state index is 5.62. The molecule has 1 aliphatic rings. The standard InChI is InChI=1S/C13H14Br2ClNO/c14-11-6-9(8-17-10-2-3-10)7-12(15)13(11)18-5-1-4-16/h1,4,6-7,10,17H,2-3,5,8H2/b4-1+. The normalized spacial score (nSPS) is 15.3. The predicted octanol–water partition coefficient (Wildman–Crippen LogP) is 4.59. The lowest BCUT2D eigenvalue weighted by Gasteiger charge is -2.11. The van der Waals surface area contributed by atoms with E-state index in [0.29, 0.717) is 12.6 Å². The topological polar surface area (TPSA) is 21.3 Å². The molecule has 1 aliphatic carbocycles. The molecule has 0 saturated heterocycles. The first-order valence-corrected chi connectivity index (χ1v) is 7.82. The average Bonchev–Trinajstić information content (AvgIpc) is 3.14. The van der Waals surface area contributed by atoms with E-state index in [1.807, 2.05) is 0 Å². The van der Waals surface area contributed by atoms with Crippen LogP contribution in [0.3, 0.4) is 0 Å². The smallest absolute Gasteiger partial charge is 0.148 e. The maximum Gasteiger partial charge on any atom is 0.148 e. The van der Waals surface area contributed by atoms with Crippen LogP contribution in [0.4, 0.5) is 0 Å². The van der Waals surface area contributed by atoms with Gasteiger partial charge in [0.2, 0.25) is 0 Å². The van der Waals surface area contributed by atoms with Crippen LogP contribution in [-0.2, 0) is 6.54 Å². The number of hydrogen-bond donors (Lipinski definition) is 1. The van der Waals surface area contributed by atoms with Gasteiger partial charge in [0.15, 0.2) is 0 Å². The van der Waals surface area contributed by atoms with Gasteiger partial charge in [0.05, 0.1) is 8.95 Å². The molecule has 1 saturated carbocycles. The second-order valence-electron chi connectivity index (χ2n) is 4.22. The van der Waals surface area contributed by atoms with Crippen LogP contribution in [0, 0.1) is 0 Å². The molecule has 0 amide bonds. The van der Waals surface area contributed by atoms with E-state index in [0.717, 1.165) is 21.2 Å². The Bertz CT molecular complexity index is 424. The summed E-state index contributed by atoms with van der Waals surface area (Å²) < 4.78 is 7.52. The van der Waals surface area contributed by atoms with Gasteiger partial charge in [-0.25, -0.2) is 0 Å². The van der Waals surface area contributed by atoms with Crippen LogP contribution in [0.25, 0.3) is 0 Å². The summed E-state index contributed by atoms with van der Waals surface area (Å²) in [4.78, 5) is 0. The highest BCUT2D eigenvalue weighted by Gasteiger charge is 2.20. The molecular formula is C13H14Br2ClNO. The van der Waals surface area contributed by atoms with Crippen molar-refractivity contribution in [3.05, 3.63) is 38.3 Å². The van der Waals surface area contributed by atoms with Gasteiger partial charge >= 0.3 is 0 Å². The van der Waals surface area contributed by atoms with Crippen LogP contribution in [0.1, 0.15) is 18.4 Å². The number of rotatable bonds is 6. The average molecular weight is 396 g/mol. The summed E-state index contributed by atoms with van der Waals surface area (Å²) in [6.45, 7) is 1.35. The Morgan fingerprint density at radius 1 is 1.33 bits per heavy atom. The summed E-state index contributed by atoms with van der Waals surface area (Å²) in [7, 11) is 0. The highest BCUT2D eigenvalue weighted by molar-refractivity contribution is 9.11. The summed E-state index contributed by atoms with van der Waals surface area (Å²) in [5.74, 6) is 0.805. The zero-order valence-corrected chi connectivity index (χ0v) is 13.7. The molecule has 1 N–H and O–H groups in total. The van der Waals surface area contributed by atoms with Crippen molar-refractivity contribution in [2.45, 2.75) is 25.4 Å². The number of ether oxygens (including phenoxy) is 1. The molecule has 1 fully saturated rings. The Balaban J connectivity index is 2.01.